The predicted octanol–water partition coefficient (Wildman–Crippen LogP) is 2.33. The lowest BCUT2D eigenvalue weighted by Gasteiger charge is -2.40. The topological polar surface area (TPSA) is 73.1 Å². The fraction of sp³-hybridized carbons (Fsp3) is 0.765. The third-order valence-corrected chi connectivity index (χ3v) is 6.06. The van der Waals surface area contributed by atoms with E-state index >= 15 is 0 Å². The van der Waals surface area contributed by atoms with Crippen LogP contribution in [0, 0.1) is 17.2 Å². The maximum absolute atomic E-state index is 12.7. The molecule has 2 heterocycles. The Labute approximate surface area is 147 Å². The van der Waals surface area contributed by atoms with Gasteiger partial charge in [0.15, 0.2) is 0 Å². The van der Waals surface area contributed by atoms with Crippen molar-refractivity contribution < 1.29 is 4.79 Å². The van der Waals surface area contributed by atoms with E-state index in [0.29, 0.717) is 23.9 Å². The van der Waals surface area contributed by atoms with E-state index in [1.165, 1.54) is 43.6 Å². The van der Waals surface area contributed by atoms with Gasteiger partial charge in [0.2, 0.25) is 0 Å². The molecule has 0 N–H and O–H groups in total. The minimum absolute atomic E-state index is 0.0128. The smallest absolute Gasteiger partial charge is 0.267 e. The fourth-order valence-corrected chi connectivity index (χ4v) is 4.60. The zero-order valence-corrected chi connectivity index (χ0v) is 15.1. The molecule has 1 aliphatic heterocycles. The molecule has 130 valence electrons. The van der Waals surface area contributed by atoms with E-state index in [1.807, 2.05) is 11.8 Å². The quantitative estimate of drug-likeness (QED) is 0.836. The maximum Gasteiger partial charge on any atom is 0.267 e. The summed E-state index contributed by atoms with van der Waals surface area (Å²) in [5.41, 5.74) is 0.796. The predicted molar refractivity (Wildman–Crippen MR) is 92.7 cm³/mol. The number of piperazine rings is 1. The lowest BCUT2D eigenvalue weighted by Crippen LogP contribution is -2.53. The zero-order valence-electron chi connectivity index (χ0n) is 14.3. The highest BCUT2D eigenvalue weighted by molar-refractivity contribution is 7.08. The standard InChI is InChI=1S/C17H25N5OS/c1-2-14-16(24-20-19-14)17(23)22-10-8-21(9-11-22)15(12-18)13-6-4-3-5-7-13/h13,15H,2-11H2,1H3/t15-/m0/s1. The molecule has 24 heavy (non-hydrogen) atoms. The zero-order chi connectivity index (χ0) is 16.9. The molecule has 1 saturated heterocycles. The molecule has 6 nitrogen and oxygen atoms in total. The van der Waals surface area contributed by atoms with Gasteiger partial charge >= 0.3 is 0 Å². The van der Waals surface area contributed by atoms with Crippen LogP contribution in [0.25, 0.3) is 0 Å². The molecule has 2 aliphatic rings. The number of hydrogen-bond acceptors (Lipinski definition) is 6. The molecule has 0 spiro atoms. The third kappa shape index (κ3) is 3.60. The molecule has 1 saturated carbocycles. The first kappa shape index (κ1) is 17.3. The van der Waals surface area contributed by atoms with Gasteiger partial charge in [0.05, 0.1) is 11.8 Å². The summed E-state index contributed by atoms with van der Waals surface area (Å²) in [5, 5.41) is 13.7. The first-order valence-corrected chi connectivity index (χ1v) is 9.76. The number of amides is 1. The normalized spacial score (nSPS) is 21.4. The second-order valence-corrected chi connectivity index (χ2v) is 7.46. The van der Waals surface area contributed by atoms with Crippen LogP contribution < -0.4 is 0 Å². The van der Waals surface area contributed by atoms with Crippen LogP contribution >= 0.6 is 11.5 Å². The van der Waals surface area contributed by atoms with Crippen molar-refractivity contribution in [1.29, 1.82) is 5.26 Å². The van der Waals surface area contributed by atoms with E-state index in [-0.39, 0.29) is 11.9 Å². The van der Waals surface area contributed by atoms with Crippen molar-refractivity contribution in [2.45, 2.75) is 51.5 Å². The van der Waals surface area contributed by atoms with Crippen molar-refractivity contribution in [2.24, 2.45) is 5.92 Å². The maximum atomic E-state index is 12.7. The van der Waals surface area contributed by atoms with Gasteiger partial charge in [-0.2, -0.15) is 5.26 Å². The molecule has 1 aromatic rings. The molecule has 7 heteroatoms. The molecule has 0 bridgehead atoms. The van der Waals surface area contributed by atoms with Gasteiger partial charge in [-0.05, 0) is 36.7 Å². The molecular formula is C17H25N5OS. The fourth-order valence-electron chi connectivity index (χ4n) is 3.88. The van der Waals surface area contributed by atoms with E-state index in [0.717, 1.165) is 25.2 Å². The van der Waals surface area contributed by atoms with E-state index < -0.39 is 0 Å². The van der Waals surface area contributed by atoms with Crippen molar-refractivity contribution >= 4 is 17.4 Å². The molecule has 1 aromatic heterocycles. The van der Waals surface area contributed by atoms with E-state index in [9.17, 15) is 10.1 Å². The van der Waals surface area contributed by atoms with Crippen LogP contribution in [0.3, 0.4) is 0 Å². The molecule has 0 radical (unpaired) electrons. The summed E-state index contributed by atoms with van der Waals surface area (Å²) in [4.78, 5) is 17.5. The lowest BCUT2D eigenvalue weighted by atomic mass is 9.83. The number of carbonyl (C=O) groups is 1. The number of nitriles is 1. The van der Waals surface area contributed by atoms with Crippen LogP contribution in [0.5, 0.6) is 0 Å². The van der Waals surface area contributed by atoms with Gasteiger partial charge in [0.25, 0.3) is 5.91 Å². The highest BCUT2D eigenvalue weighted by atomic mass is 32.1. The Kier molecular flexibility index (Phi) is 5.80. The SMILES string of the molecule is CCc1nnsc1C(=O)N1CCN([C@@H](C#N)C2CCCCC2)CC1. The van der Waals surface area contributed by atoms with Crippen molar-refractivity contribution in [3.05, 3.63) is 10.6 Å². The molecule has 1 amide bonds. The van der Waals surface area contributed by atoms with Gasteiger partial charge in [0, 0.05) is 26.2 Å². The minimum atomic E-state index is 0.0128. The molecule has 3 rings (SSSR count). The highest BCUT2D eigenvalue weighted by Crippen LogP contribution is 2.29. The highest BCUT2D eigenvalue weighted by Gasteiger charge is 2.32. The summed E-state index contributed by atoms with van der Waals surface area (Å²) in [6.45, 7) is 4.94. The first-order valence-electron chi connectivity index (χ1n) is 8.98. The summed E-state index contributed by atoms with van der Waals surface area (Å²) >= 11 is 1.19. The van der Waals surface area contributed by atoms with E-state index in [1.54, 1.807) is 0 Å². The van der Waals surface area contributed by atoms with Crippen LogP contribution in [0.1, 0.15) is 54.4 Å². The van der Waals surface area contributed by atoms with Gasteiger partial charge in [-0.25, -0.2) is 0 Å². The van der Waals surface area contributed by atoms with Crippen LogP contribution in [0.2, 0.25) is 0 Å². The second kappa shape index (κ2) is 8.04. The van der Waals surface area contributed by atoms with Gasteiger partial charge in [-0.1, -0.05) is 30.7 Å². The van der Waals surface area contributed by atoms with Gasteiger partial charge in [0.1, 0.15) is 10.9 Å². The molecular weight excluding hydrogens is 322 g/mol. The molecule has 0 aromatic carbocycles. The van der Waals surface area contributed by atoms with Gasteiger partial charge in [-0.3, -0.25) is 9.69 Å². The number of hydrogen-bond donors (Lipinski definition) is 0. The van der Waals surface area contributed by atoms with Crippen LogP contribution in [-0.4, -0.2) is 57.5 Å². The first-order chi connectivity index (χ1) is 11.7. The summed E-state index contributed by atoms with van der Waals surface area (Å²) in [6, 6.07) is 2.55. The van der Waals surface area contributed by atoms with Crippen molar-refractivity contribution in [2.75, 3.05) is 26.2 Å². The van der Waals surface area contributed by atoms with Crippen LogP contribution in [0.4, 0.5) is 0 Å². The van der Waals surface area contributed by atoms with Crippen molar-refractivity contribution in [3.63, 3.8) is 0 Å². The molecule has 1 aliphatic carbocycles. The van der Waals surface area contributed by atoms with Crippen molar-refractivity contribution in [3.8, 4) is 6.07 Å². The van der Waals surface area contributed by atoms with Crippen LogP contribution in [-0.2, 0) is 6.42 Å². The third-order valence-electron chi connectivity index (χ3n) is 5.31. The summed E-state index contributed by atoms with van der Waals surface area (Å²) < 4.78 is 3.92. The summed E-state index contributed by atoms with van der Waals surface area (Å²) in [5.74, 6) is 0.552. The Balaban J connectivity index is 1.59. The lowest BCUT2D eigenvalue weighted by molar-refractivity contribution is 0.0541. The number of aryl methyl sites for hydroxylation is 1. The summed E-state index contributed by atoms with van der Waals surface area (Å²) in [7, 11) is 0. The van der Waals surface area contributed by atoms with E-state index in [2.05, 4.69) is 20.6 Å². The Morgan fingerprint density at radius 1 is 1.29 bits per heavy atom. The number of aromatic nitrogens is 2. The number of nitrogens with zero attached hydrogens (tertiary/aromatic N) is 5. The monoisotopic (exact) mass is 347 g/mol. The molecule has 2 fully saturated rings. The molecule has 1 atom stereocenters. The van der Waals surface area contributed by atoms with E-state index in [4.69, 9.17) is 0 Å². The van der Waals surface area contributed by atoms with Crippen LogP contribution in [0.15, 0.2) is 0 Å². The number of rotatable bonds is 4. The molecule has 0 unspecified atom stereocenters. The Hall–Kier alpha value is -1.52. The second-order valence-electron chi connectivity index (χ2n) is 6.70. The van der Waals surface area contributed by atoms with Crippen molar-refractivity contribution in [1.82, 2.24) is 19.4 Å². The Bertz CT molecular complexity index is 596. The largest absolute Gasteiger partial charge is 0.335 e. The average molecular weight is 347 g/mol. The number of carbonyl (C=O) groups excluding carboxylic acids is 1. The minimum Gasteiger partial charge on any atom is -0.335 e. The summed E-state index contributed by atoms with van der Waals surface area (Å²) in [6.07, 6.45) is 6.88. The Morgan fingerprint density at radius 3 is 2.62 bits per heavy atom. The van der Waals surface area contributed by atoms with Gasteiger partial charge < -0.3 is 4.90 Å². The van der Waals surface area contributed by atoms with Gasteiger partial charge in [-0.15, -0.1) is 5.10 Å². The average Bonchev–Trinajstić information content (AvgIpc) is 3.12. The Morgan fingerprint density at radius 2 is 2.00 bits per heavy atom.